The van der Waals surface area contributed by atoms with Crippen LogP contribution in [-0.2, 0) is 6.18 Å². The van der Waals surface area contributed by atoms with Crippen molar-refractivity contribution in [3.05, 3.63) is 48.3 Å². The SMILES string of the molecule is CC(C)C[C@](C)(N)COc1ccc(-c2ccnc3cc[nH]c23)cc1C(F)(F)F. The van der Waals surface area contributed by atoms with E-state index in [9.17, 15) is 13.2 Å². The van der Waals surface area contributed by atoms with Gasteiger partial charge in [0.2, 0.25) is 0 Å². The second kappa shape index (κ2) is 7.47. The first-order chi connectivity index (χ1) is 13.1. The number of alkyl halides is 3. The maximum Gasteiger partial charge on any atom is 0.419 e. The smallest absolute Gasteiger partial charge is 0.419 e. The Morgan fingerprint density at radius 2 is 1.93 bits per heavy atom. The molecule has 3 rings (SSSR count). The van der Waals surface area contributed by atoms with Gasteiger partial charge in [-0.15, -0.1) is 0 Å². The van der Waals surface area contributed by atoms with Gasteiger partial charge in [-0.2, -0.15) is 13.2 Å². The van der Waals surface area contributed by atoms with Gasteiger partial charge < -0.3 is 15.5 Å². The summed E-state index contributed by atoms with van der Waals surface area (Å²) in [6, 6.07) is 7.56. The molecule has 0 aliphatic carbocycles. The predicted octanol–water partition coefficient (Wildman–Crippen LogP) is 5.39. The maximum atomic E-state index is 13.7. The van der Waals surface area contributed by atoms with Crippen molar-refractivity contribution in [1.82, 2.24) is 9.97 Å². The van der Waals surface area contributed by atoms with Crippen molar-refractivity contribution in [2.75, 3.05) is 6.61 Å². The van der Waals surface area contributed by atoms with Gasteiger partial charge in [-0.25, -0.2) is 0 Å². The molecule has 1 atom stereocenters. The summed E-state index contributed by atoms with van der Waals surface area (Å²) in [5.74, 6) is 0.103. The number of nitrogens with one attached hydrogen (secondary N) is 1. The molecule has 0 saturated heterocycles. The first kappa shape index (κ1) is 20.2. The number of benzene rings is 1. The summed E-state index contributed by atoms with van der Waals surface area (Å²) >= 11 is 0. The van der Waals surface area contributed by atoms with Gasteiger partial charge in [-0.1, -0.05) is 19.9 Å². The first-order valence-electron chi connectivity index (χ1n) is 9.12. The fourth-order valence-electron chi connectivity index (χ4n) is 3.48. The zero-order chi connectivity index (χ0) is 20.5. The number of halogens is 3. The minimum Gasteiger partial charge on any atom is -0.491 e. The Morgan fingerprint density at radius 1 is 1.18 bits per heavy atom. The Balaban J connectivity index is 1.96. The summed E-state index contributed by atoms with van der Waals surface area (Å²) < 4.78 is 46.6. The number of nitrogens with zero attached hydrogens (tertiary/aromatic N) is 1. The molecule has 0 fully saturated rings. The molecule has 150 valence electrons. The van der Waals surface area contributed by atoms with Gasteiger partial charge in [0.15, 0.2) is 0 Å². The van der Waals surface area contributed by atoms with Crippen LogP contribution in [0.25, 0.3) is 22.2 Å². The van der Waals surface area contributed by atoms with Crippen LogP contribution in [-0.4, -0.2) is 22.1 Å². The average Bonchev–Trinajstić information content (AvgIpc) is 3.06. The van der Waals surface area contributed by atoms with Crippen LogP contribution >= 0.6 is 0 Å². The normalized spacial score (nSPS) is 14.4. The number of aromatic nitrogens is 2. The largest absolute Gasteiger partial charge is 0.491 e. The van der Waals surface area contributed by atoms with E-state index in [0.29, 0.717) is 34.5 Å². The van der Waals surface area contributed by atoms with Crippen LogP contribution in [0.15, 0.2) is 42.7 Å². The molecule has 3 N–H and O–H groups in total. The highest BCUT2D eigenvalue weighted by Gasteiger charge is 2.35. The van der Waals surface area contributed by atoms with Gasteiger partial charge in [-0.05, 0) is 49.1 Å². The van der Waals surface area contributed by atoms with Crippen molar-refractivity contribution in [2.45, 2.75) is 38.9 Å². The van der Waals surface area contributed by atoms with E-state index in [1.807, 2.05) is 13.8 Å². The highest BCUT2D eigenvalue weighted by Crippen LogP contribution is 2.40. The molecule has 0 aliphatic heterocycles. The molecular weight excluding hydrogens is 367 g/mol. The second-order valence-corrected chi connectivity index (χ2v) is 7.85. The summed E-state index contributed by atoms with van der Waals surface area (Å²) in [4.78, 5) is 7.24. The molecule has 0 amide bonds. The summed E-state index contributed by atoms with van der Waals surface area (Å²) in [5.41, 5.74) is 7.12. The third-order valence-electron chi connectivity index (χ3n) is 4.48. The molecule has 2 aromatic heterocycles. The van der Waals surface area contributed by atoms with Crippen molar-refractivity contribution < 1.29 is 17.9 Å². The predicted molar refractivity (Wildman–Crippen MR) is 104 cm³/mol. The Morgan fingerprint density at radius 3 is 2.61 bits per heavy atom. The number of hydrogen-bond donors (Lipinski definition) is 2. The Labute approximate surface area is 161 Å². The van der Waals surface area contributed by atoms with Gasteiger partial charge in [-0.3, -0.25) is 4.98 Å². The molecule has 1 aromatic carbocycles. The van der Waals surface area contributed by atoms with Crippen LogP contribution in [0, 0.1) is 5.92 Å². The standard InChI is InChI=1S/C21H24F3N3O/c1-13(2)11-20(3,25)12-28-18-5-4-14(10-16(18)21(22,23)24)15-6-8-26-17-7-9-27-19(15)17/h4-10,13,27H,11-12,25H2,1-3H3/t20-/m0/s1. The fourth-order valence-corrected chi connectivity index (χ4v) is 3.48. The number of fused-ring (bicyclic) bond motifs is 1. The van der Waals surface area contributed by atoms with Crippen LogP contribution in [0.5, 0.6) is 5.75 Å². The average molecular weight is 391 g/mol. The number of aromatic amines is 1. The number of pyridine rings is 1. The summed E-state index contributed by atoms with van der Waals surface area (Å²) in [6.07, 6.45) is -0.612. The van der Waals surface area contributed by atoms with E-state index in [1.165, 1.54) is 6.07 Å². The summed E-state index contributed by atoms with van der Waals surface area (Å²) in [5, 5.41) is 0. The molecule has 2 heterocycles. The van der Waals surface area contributed by atoms with Gasteiger partial charge in [0.25, 0.3) is 0 Å². The Hall–Kier alpha value is -2.54. The zero-order valence-corrected chi connectivity index (χ0v) is 16.1. The lowest BCUT2D eigenvalue weighted by Crippen LogP contribution is -2.43. The quantitative estimate of drug-likeness (QED) is 0.592. The highest BCUT2D eigenvalue weighted by atomic mass is 19.4. The zero-order valence-electron chi connectivity index (χ0n) is 16.1. The second-order valence-electron chi connectivity index (χ2n) is 7.85. The minimum absolute atomic E-state index is 0.00371. The molecule has 0 spiro atoms. The molecule has 0 saturated carbocycles. The summed E-state index contributed by atoms with van der Waals surface area (Å²) in [7, 11) is 0. The van der Waals surface area contributed by atoms with E-state index >= 15 is 0 Å². The van der Waals surface area contributed by atoms with Crippen molar-refractivity contribution in [3.8, 4) is 16.9 Å². The molecule has 7 heteroatoms. The van der Waals surface area contributed by atoms with Crippen LogP contribution in [0.4, 0.5) is 13.2 Å². The fraction of sp³-hybridized carbons (Fsp3) is 0.381. The number of nitrogens with two attached hydrogens (primary N) is 1. The van der Waals surface area contributed by atoms with Gasteiger partial charge in [0.1, 0.15) is 12.4 Å². The molecular formula is C21H24F3N3O. The van der Waals surface area contributed by atoms with Crippen molar-refractivity contribution in [1.29, 1.82) is 0 Å². The van der Waals surface area contributed by atoms with Gasteiger partial charge in [0.05, 0.1) is 16.6 Å². The molecule has 0 unspecified atom stereocenters. The molecule has 0 bridgehead atoms. The minimum atomic E-state index is -4.55. The molecule has 28 heavy (non-hydrogen) atoms. The molecule has 0 aliphatic rings. The van der Waals surface area contributed by atoms with Crippen LogP contribution in [0.3, 0.4) is 0 Å². The lowest BCUT2D eigenvalue weighted by Gasteiger charge is -2.27. The van der Waals surface area contributed by atoms with E-state index in [1.54, 1.807) is 37.5 Å². The lowest BCUT2D eigenvalue weighted by molar-refractivity contribution is -0.139. The topological polar surface area (TPSA) is 63.9 Å². The van der Waals surface area contributed by atoms with E-state index in [2.05, 4.69) is 9.97 Å². The Bertz CT molecular complexity index is 961. The third-order valence-corrected chi connectivity index (χ3v) is 4.48. The van der Waals surface area contributed by atoms with E-state index in [0.717, 1.165) is 6.07 Å². The Kier molecular flexibility index (Phi) is 5.39. The van der Waals surface area contributed by atoms with Gasteiger partial charge in [0, 0.05) is 23.5 Å². The third kappa shape index (κ3) is 4.47. The summed E-state index contributed by atoms with van der Waals surface area (Å²) in [6.45, 7) is 5.81. The maximum absolute atomic E-state index is 13.7. The van der Waals surface area contributed by atoms with Crippen LogP contribution in [0.1, 0.15) is 32.8 Å². The molecule has 0 radical (unpaired) electrons. The molecule has 4 nitrogen and oxygen atoms in total. The number of rotatable bonds is 6. The van der Waals surface area contributed by atoms with Crippen LogP contribution in [0.2, 0.25) is 0 Å². The number of hydrogen-bond acceptors (Lipinski definition) is 3. The van der Waals surface area contributed by atoms with Gasteiger partial charge >= 0.3 is 6.18 Å². The van der Waals surface area contributed by atoms with Crippen LogP contribution < -0.4 is 10.5 Å². The van der Waals surface area contributed by atoms with E-state index in [4.69, 9.17) is 10.5 Å². The highest BCUT2D eigenvalue weighted by molar-refractivity contribution is 5.91. The van der Waals surface area contributed by atoms with E-state index < -0.39 is 17.3 Å². The lowest BCUT2D eigenvalue weighted by atomic mass is 9.93. The van der Waals surface area contributed by atoms with Crippen molar-refractivity contribution >= 4 is 11.0 Å². The first-order valence-corrected chi connectivity index (χ1v) is 9.12. The molecule has 3 aromatic rings. The van der Waals surface area contributed by atoms with E-state index in [-0.39, 0.29) is 12.4 Å². The number of H-pyrrole nitrogens is 1. The number of ether oxygens (including phenoxy) is 1. The van der Waals surface area contributed by atoms with Crippen molar-refractivity contribution in [2.24, 2.45) is 11.7 Å². The monoisotopic (exact) mass is 391 g/mol. The van der Waals surface area contributed by atoms with Crippen molar-refractivity contribution in [3.63, 3.8) is 0 Å².